The monoisotopic (exact) mass is 460 g/mol. The molecule has 0 fully saturated rings. The molecule has 0 aliphatic carbocycles. The highest BCUT2D eigenvalue weighted by Crippen LogP contribution is 2.56. The molecule has 1 atom stereocenters. The van der Waals surface area contributed by atoms with Crippen LogP contribution in [0.2, 0.25) is 5.02 Å². The van der Waals surface area contributed by atoms with Crippen LogP contribution in [0.15, 0.2) is 66.9 Å². The summed E-state index contributed by atoms with van der Waals surface area (Å²) >= 11 is 6.12. The third-order valence-electron chi connectivity index (χ3n) is 6.68. The fraction of sp³-hybridized carbons (Fsp3) is 0.222. The number of carbonyl (C=O) groups excluding carboxylic acids is 2. The maximum absolute atomic E-state index is 15.0. The first kappa shape index (κ1) is 21.5. The van der Waals surface area contributed by atoms with Crippen molar-refractivity contribution in [1.29, 1.82) is 0 Å². The number of anilines is 1. The molecule has 3 heterocycles. The Balaban J connectivity index is 1.74. The molecular weight excluding hydrogens is 439 g/mol. The first-order valence-electron chi connectivity index (χ1n) is 10.7. The summed E-state index contributed by atoms with van der Waals surface area (Å²) in [6.07, 6.45) is 3.38. The molecule has 6 heteroatoms. The van der Waals surface area contributed by atoms with Crippen LogP contribution in [-0.4, -0.2) is 22.2 Å². The molecule has 0 radical (unpaired) electrons. The Morgan fingerprint density at radius 2 is 1.85 bits per heavy atom. The van der Waals surface area contributed by atoms with Gasteiger partial charge in [-0.05, 0) is 67.8 Å². The summed E-state index contributed by atoms with van der Waals surface area (Å²) in [5.74, 6) is -1.14. The Bertz CT molecular complexity index is 1330. The predicted molar refractivity (Wildman–Crippen MR) is 127 cm³/mol. The van der Waals surface area contributed by atoms with E-state index in [4.69, 9.17) is 11.6 Å². The average Bonchev–Trinajstić information content (AvgIpc) is 3.05. The van der Waals surface area contributed by atoms with Gasteiger partial charge in [-0.2, -0.15) is 0 Å². The molecule has 2 aliphatic heterocycles. The summed E-state index contributed by atoms with van der Waals surface area (Å²) in [4.78, 5) is 32.3. The molecule has 0 saturated carbocycles. The molecule has 4 nitrogen and oxygen atoms in total. The van der Waals surface area contributed by atoms with Crippen molar-refractivity contribution in [2.24, 2.45) is 0 Å². The van der Waals surface area contributed by atoms with Gasteiger partial charge >= 0.3 is 0 Å². The molecule has 1 amide bonds. The number of amides is 1. The van der Waals surface area contributed by atoms with Crippen LogP contribution in [0.5, 0.6) is 0 Å². The maximum Gasteiger partial charge on any atom is 0.259 e. The number of ketones is 1. The van der Waals surface area contributed by atoms with Gasteiger partial charge in [0.15, 0.2) is 0 Å². The maximum atomic E-state index is 15.0. The molecule has 33 heavy (non-hydrogen) atoms. The minimum absolute atomic E-state index is 0.190. The number of allylic oxidation sites excluding steroid dienone is 1. The smallest absolute Gasteiger partial charge is 0.259 e. The lowest BCUT2D eigenvalue weighted by atomic mass is 9.65. The molecule has 166 valence electrons. The molecule has 1 aromatic heterocycles. The molecule has 0 bridgehead atoms. The first-order chi connectivity index (χ1) is 15.6. The number of benzene rings is 2. The fourth-order valence-corrected chi connectivity index (χ4v) is 5.47. The van der Waals surface area contributed by atoms with Crippen LogP contribution in [-0.2, 0) is 10.2 Å². The van der Waals surface area contributed by atoms with Crippen molar-refractivity contribution in [3.63, 3.8) is 0 Å². The SMILES string of the molecule is CC1(c2ccc(Cl)cc2)CC(C)(C)N2C(=O)/C(=C/C(=O)c3ccccn3)c3cc(F)cc1c32. The third kappa shape index (κ3) is 3.30. The summed E-state index contributed by atoms with van der Waals surface area (Å²) in [7, 11) is 0. The van der Waals surface area contributed by atoms with Gasteiger partial charge in [0.2, 0.25) is 5.78 Å². The summed E-state index contributed by atoms with van der Waals surface area (Å²) in [5.41, 5.74) is 2.10. The largest absolute Gasteiger partial charge is 0.302 e. The van der Waals surface area contributed by atoms with E-state index in [1.165, 1.54) is 24.4 Å². The zero-order valence-electron chi connectivity index (χ0n) is 18.5. The van der Waals surface area contributed by atoms with Gasteiger partial charge in [0.05, 0.1) is 11.3 Å². The highest BCUT2D eigenvalue weighted by Gasteiger charge is 2.53. The lowest BCUT2D eigenvalue weighted by Gasteiger charge is -2.49. The Morgan fingerprint density at radius 1 is 1.12 bits per heavy atom. The van der Waals surface area contributed by atoms with Gasteiger partial charge in [0.25, 0.3) is 5.91 Å². The Morgan fingerprint density at radius 3 is 2.52 bits per heavy atom. The molecule has 0 N–H and O–H groups in total. The van der Waals surface area contributed by atoms with E-state index in [0.717, 1.165) is 11.1 Å². The number of hydrogen-bond acceptors (Lipinski definition) is 3. The number of nitrogens with zero attached hydrogens (tertiary/aromatic N) is 2. The topological polar surface area (TPSA) is 50.3 Å². The number of halogens is 2. The summed E-state index contributed by atoms with van der Waals surface area (Å²) in [6.45, 7) is 6.06. The quantitative estimate of drug-likeness (QED) is 0.357. The van der Waals surface area contributed by atoms with Gasteiger partial charge in [-0.1, -0.05) is 36.7 Å². The minimum atomic E-state index is -0.575. The second-order valence-electron chi connectivity index (χ2n) is 9.46. The van der Waals surface area contributed by atoms with E-state index in [0.29, 0.717) is 22.7 Å². The second-order valence-corrected chi connectivity index (χ2v) is 9.89. The molecule has 2 aromatic carbocycles. The molecule has 0 saturated heterocycles. The molecule has 3 aromatic rings. The lowest BCUT2D eigenvalue weighted by molar-refractivity contribution is -0.114. The van der Waals surface area contributed by atoms with E-state index in [1.807, 2.05) is 38.1 Å². The number of hydrogen-bond donors (Lipinski definition) is 0. The molecule has 5 rings (SSSR count). The van der Waals surface area contributed by atoms with Gasteiger partial charge in [-0.3, -0.25) is 14.6 Å². The van der Waals surface area contributed by atoms with E-state index in [1.54, 1.807) is 23.1 Å². The van der Waals surface area contributed by atoms with Crippen LogP contribution in [0.1, 0.15) is 54.4 Å². The van der Waals surface area contributed by atoms with Crippen LogP contribution in [0.25, 0.3) is 5.57 Å². The Labute approximate surface area is 196 Å². The summed E-state index contributed by atoms with van der Waals surface area (Å²) in [5, 5.41) is 0.622. The number of rotatable bonds is 3. The van der Waals surface area contributed by atoms with Crippen molar-refractivity contribution >= 4 is 34.6 Å². The Hall–Kier alpha value is -3.31. The van der Waals surface area contributed by atoms with Crippen LogP contribution >= 0.6 is 11.6 Å². The lowest BCUT2D eigenvalue weighted by Crippen LogP contribution is -2.54. The number of carbonyl (C=O) groups is 2. The van der Waals surface area contributed by atoms with Crippen molar-refractivity contribution in [2.45, 2.75) is 38.1 Å². The zero-order chi connectivity index (χ0) is 23.5. The van der Waals surface area contributed by atoms with E-state index in [9.17, 15) is 14.0 Å². The highest BCUT2D eigenvalue weighted by molar-refractivity contribution is 6.36. The van der Waals surface area contributed by atoms with Crippen molar-refractivity contribution in [2.75, 3.05) is 4.90 Å². The van der Waals surface area contributed by atoms with Gasteiger partial charge in [-0.15, -0.1) is 0 Å². The van der Waals surface area contributed by atoms with Crippen LogP contribution < -0.4 is 4.90 Å². The van der Waals surface area contributed by atoms with Crippen molar-refractivity contribution < 1.29 is 14.0 Å². The van der Waals surface area contributed by atoms with E-state index < -0.39 is 22.6 Å². The highest BCUT2D eigenvalue weighted by atomic mass is 35.5. The summed E-state index contributed by atoms with van der Waals surface area (Å²) < 4.78 is 15.0. The van der Waals surface area contributed by atoms with Crippen molar-refractivity contribution in [1.82, 2.24) is 4.98 Å². The Kier molecular flexibility index (Phi) is 4.80. The fourth-order valence-electron chi connectivity index (χ4n) is 5.35. The molecule has 2 aliphatic rings. The second kappa shape index (κ2) is 7.35. The predicted octanol–water partition coefficient (Wildman–Crippen LogP) is 5.98. The first-order valence-corrected chi connectivity index (χ1v) is 11.1. The van der Waals surface area contributed by atoms with Gasteiger partial charge in [0, 0.05) is 33.8 Å². The molecular formula is C27H22ClFN2O2. The number of pyridine rings is 1. The van der Waals surface area contributed by atoms with Gasteiger partial charge in [-0.25, -0.2) is 4.39 Å². The normalized spacial score (nSPS) is 21.9. The van der Waals surface area contributed by atoms with E-state index in [2.05, 4.69) is 11.9 Å². The number of aromatic nitrogens is 1. The van der Waals surface area contributed by atoms with Crippen molar-refractivity contribution in [3.05, 3.63) is 100 Å². The third-order valence-corrected chi connectivity index (χ3v) is 6.93. The van der Waals surface area contributed by atoms with E-state index >= 15 is 0 Å². The van der Waals surface area contributed by atoms with Crippen LogP contribution in [0, 0.1) is 5.82 Å². The van der Waals surface area contributed by atoms with Crippen molar-refractivity contribution in [3.8, 4) is 0 Å². The van der Waals surface area contributed by atoms with Crippen LogP contribution in [0.3, 0.4) is 0 Å². The van der Waals surface area contributed by atoms with Gasteiger partial charge < -0.3 is 4.90 Å². The summed E-state index contributed by atoms with van der Waals surface area (Å²) in [6, 6.07) is 15.4. The van der Waals surface area contributed by atoms with E-state index in [-0.39, 0.29) is 17.2 Å². The molecule has 1 unspecified atom stereocenters. The minimum Gasteiger partial charge on any atom is -0.302 e. The van der Waals surface area contributed by atoms with Gasteiger partial charge in [0.1, 0.15) is 11.5 Å². The molecule has 0 spiro atoms. The zero-order valence-corrected chi connectivity index (χ0v) is 19.3. The standard InChI is InChI=1S/C27H22ClFN2O2/c1-26(2)15-27(3,16-7-9-17(28)10-8-16)21-13-18(29)12-19-20(25(33)31(26)24(19)21)14-23(32)22-6-4-5-11-30-22/h4-14H,15H2,1-3H3/b20-14+. The van der Waals surface area contributed by atoms with Crippen LogP contribution in [0.4, 0.5) is 10.1 Å². The average molecular weight is 461 g/mol.